The van der Waals surface area contributed by atoms with Crippen molar-refractivity contribution in [2.24, 2.45) is 11.8 Å². The van der Waals surface area contributed by atoms with E-state index < -0.39 is 0 Å². The molecule has 1 amide bonds. The molecule has 1 aromatic carbocycles. The molecule has 2 aromatic rings. The SMILES string of the molecule is Cc1cccc(C)c1C(=O)N1CC2CN(CCCNc3ncc(Cl)s3)CC2C1. The summed E-state index contributed by atoms with van der Waals surface area (Å²) in [7, 11) is 0. The Morgan fingerprint density at radius 2 is 1.89 bits per heavy atom. The number of hydrogen-bond donors (Lipinski definition) is 1. The molecule has 0 radical (unpaired) electrons. The Bertz CT molecular complexity index is 820. The van der Waals surface area contributed by atoms with Gasteiger partial charge in [0.1, 0.15) is 4.34 Å². The predicted molar refractivity (Wildman–Crippen MR) is 115 cm³/mol. The topological polar surface area (TPSA) is 48.5 Å². The van der Waals surface area contributed by atoms with Crippen molar-refractivity contribution < 1.29 is 4.79 Å². The number of anilines is 1. The quantitative estimate of drug-likeness (QED) is 0.722. The van der Waals surface area contributed by atoms with Crippen molar-refractivity contribution in [3.8, 4) is 0 Å². The summed E-state index contributed by atoms with van der Waals surface area (Å²) in [5, 5.41) is 4.23. The van der Waals surface area contributed by atoms with Crippen molar-refractivity contribution in [1.82, 2.24) is 14.8 Å². The normalized spacial score (nSPS) is 21.9. The van der Waals surface area contributed by atoms with Crippen LogP contribution in [0.3, 0.4) is 0 Å². The summed E-state index contributed by atoms with van der Waals surface area (Å²) >= 11 is 7.38. The van der Waals surface area contributed by atoms with Gasteiger partial charge in [-0.15, -0.1) is 0 Å². The first-order valence-electron chi connectivity index (χ1n) is 9.94. The minimum Gasteiger partial charge on any atom is -0.361 e. The number of aryl methyl sites for hydroxylation is 2. The number of aromatic nitrogens is 1. The highest BCUT2D eigenvalue weighted by Gasteiger charge is 2.41. The molecule has 2 aliphatic heterocycles. The van der Waals surface area contributed by atoms with E-state index in [-0.39, 0.29) is 5.91 Å². The lowest BCUT2D eigenvalue weighted by Gasteiger charge is -2.23. The second kappa shape index (κ2) is 8.39. The summed E-state index contributed by atoms with van der Waals surface area (Å²) < 4.78 is 0.717. The van der Waals surface area contributed by atoms with Gasteiger partial charge in [0.15, 0.2) is 5.13 Å². The van der Waals surface area contributed by atoms with Crippen LogP contribution in [0.2, 0.25) is 4.34 Å². The zero-order chi connectivity index (χ0) is 19.7. The van der Waals surface area contributed by atoms with Gasteiger partial charge in [0.25, 0.3) is 5.91 Å². The van der Waals surface area contributed by atoms with Gasteiger partial charge < -0.3 is 15.1 Å². The summed E-state index contributed by atoms with van der Waals surface area (Å²) in [5.74, 6) is 1.43. The predicted octanol–water partition coefficient (Wildman–Crippen LogP) is 3.92. The summed E-state index contributed by atoms with van der Waals surface area (Å²) in [6, 6.07) is 6.09. The third-order valence-electron chi connectivity index (χ3n) is 5.95. The van der Waals surface area contributed by atoms with E-state index in [9.17, 15) is 4.79 Å². The standard InChI is InChI=1S/C21H27ClN4OS/c1-14-5-3-6-15(2)19(14)20(27)26-12-16-10-25(11-17(16)13-26)8-4-7-23-21-24-9-18(22)28-21/h3,5-6,9,16-17H,4,7-8,10-13H2,1-2H3,(H,23,24). The number of rotatable bonds is 6. The van der Waals surface area contributed by atoms with E-state index in [4.69, 9.17) is 11.6 Å². The van der Waals surface area contributed by atoms with Crippen LogP contribution >= 0.6 is 22.9 Å². The molecular formula is C21H27ClN4OS. The second-order valence-corrected chi connectivity index (χ2v) is 9.67. The summed E-state index contributed by atoms with van der Waals surface area (Å²) in [6.45, 7) is 10.1. The van der Waals surface area contributed by atoms with Gasteiger partial charge >= 0.3 is 0 Å². The molecule has 2 atom stereocenters. The Labute approximate surface area is 175 Å². The number of nitrogens with one attached hydrogen (secondary N) is 1. The van der Waals surface area contributed by atoms with Gasteiger partial charge in [-0.25, -0.2) is 4.98 Å². The maximum absolute atomic E-state index is 13.0. The van der Waals surface area contributed by atoms with Gasteiger partial charge in [0.2, 0.25) is 0 Å². The molecule has 0 aliphatic carbocycles. The zero-order valence-electron chi connectivity index (χ0n) is 16.4. The van der Waals surface area contributed by atoms with E-state index in [1.807, 2.05) is 32.0 Å². The Hall–Kier alpha value is -1.63. The first-order valence-corrected chi connectivity index (χ1v) is 11.1. The number of hydrogen-bond acceptors (Lipinski definition) is 5. The van der Waals surface area contributed by atoms with Crippen molar-refractivity contribution in [1.29, 1.82) is 0 Å². The maximum Gasteiger partial charge on any atom is 0.254 e. The lowest BCUT2D eigenvalue weighted by atomic mass is 10.0. The minimum atomic E-state index is 0.211. The molecule has 150 valence electrons. The van der Waals surface area contributed by atoms with Crippen molar-refractivity contribution in [3.05, 3.63) is 45.4 Å². The van der Waals surface area contributed by atoms with Crippen LogP contribution in [0.5, 0.6) is 0 Å². The third kappa shape index (κ3) is 4.19. The molecule has 1 aromatic heterocycles. The fourth-order valence-corrected chi connectivity index (χ4v) is 5.42. The fourth-order valence-electron chi connectivity index (χ4n) is 4.58. The van der Waals surface area contributed by atoms with Crippen LogP contribution in [0.15, 0.2) is 24.4 Å². The van der Waals surface area contributed by atoms with Crippen LogP contribution in [0, 0.1) is 25.7 Å². The number of amides is 1. The highest BCUT2D eigenvalue weighted by molar-refractivity contribution is 7.19. The number of likely N-dealkylation sites (tertiary alicyclic amines) is 2. The van der Waals surface area contributed by atoms with Crippen molar-refractivity contribution in [3.63, 3.8) is 0 Å². The number of nitrogens with zero attached hydrogens (tertiary/aromatic N) is 3. The van der Waals surface area contributed by atoms with E-state index in [1.54, 1.807) is 6.20 Å². The largest absolute Gasteiger partial charge is 0.361 e. The molecule has 4 rings (SSSR count). The summed E-state index contributed by atoms with van der Waals surface area (Å²) in [6.07, 6.45) is 2.77. The van der Waals surface area contributed by atoms with Crippen LogP contribution in [-0.2, 0) is 0 Å². The van der Waals surface area contributed by atoms with E-state index >= 15 is 0 Å². The van der Waals surface area contributed by atoms with Crippen LogP contribution in [0.4, 0.5) is 5.13 Å². The number of carbonyl (C=O) groups excluding carboxylic acids is 1. The fraction of sp³-hybridized carbons (Fsp3) is 0.524. The highest BCUT2D eigenvalue weighted by atomic mass is 35.5. The van der Waals surface area contributed by atoms with Crippen molar-refractivity contribution >= 4 is 34.0 Å². The van der Waals surface area contributed by atoms with Crippen LogP contribution < -0.4 is 5.32 Å². The van der Waals surface area contributed by atoms with Crippen molar-refractivity contribution in [2.75, 3.05) is 44.6 Å². The van der Waals surface area contributed by atoms with E-state index in [0.717, 1.165) is 71.8 Å². The molecule has 2 fully saturated rings. The number of thiazole rings is 1. The second-order valence-electron chi connectivity index (χ2n) is 8.01. The van der Waals surface area contributed by atoms with Crippen LogP contribution in [-0.4, -0.2) is 60.0 Å². The van der Waals surface area contributed by atoms with Gasteiger partial charge in [-0.1, -0.05) is 41.1 Å². The number of carbonyl (C=O) groups is 1. The first kappa shape index (κ1) is 19.7. The molecular weight excluding hydrogens is 392 g/mol. The highest BCUT2D eigenvalue weighted by Crippen LogP contribution is 2.32. The lowest BCUT2D eigenvalue weighted by Crippen LogP contribution is -2.34. The Morgan fingerprint density at radius 3 is 2.50 bits per heavy atom. The molecule has 2 aliphatic rings. The molecule has 28 heavy (non-hydrogen) atoms. The van der Waals surface area contributed by atoms with E-state index in [0.29, 0.717) is 11.8 Å². The summed E-state index contributed by atoms with van der Waals surface area (Å²) in [5.41, 5.74) is 3.06. The molecule has 7 heteroatoms. The number of benzene rings is 1. The molecule has 0 bridgehead atoms. The number of fused-ring (bicyclic) bond motifs is 1. The van der Waals surface area contributed by atoms with Gasteiger partial charge in [-0.2, -0.15) is 0 Å². The molecule has 0 saturated carbocycles. The Balaban J connectivity index is 1.24. The van der Waals surface area contributed by atoms with Crippen LogP contribution in [0.1, 0.15) is 27.9 Å². The van der Waals surface area contributed by atoms with E-state index in [1.165, 1.54) is 11.3 Å². The lowest BCUT2D eigenvalue weighted by molar-refractivity contribution is 0.0772. The van der Waals surface area contributed by atoms with Gasteiger partial charge in [0.05, 0.1) is 6.20 Å². The Kier molecular flexibility index (Phi) is 5.90. The Morgan fingerprint density at radius 1 is 1.21 bits per heavy atom. The van der Waals surface area contributed by atoms with E-state index in [2.05, 4.69) is 20.1 Å². The third-order valence-corrected chi connectivity index (χ3v) is 7.02. The zero-order valence-corrected chi connectivity index (χ0v) is 18.0. The molecule has 0 spiro atoms. The molecule has 2 saturated heterocycles. The number of halogens is 1. The molecule has 5 nitrogen and oxygen atoms in total. The molecule has 3 heterocycles. The summed E-state index contributed by atoms with van der Waals surface area (Å²) in [4.78, 5) is 21.9. The van der Waals surface area contributed by atoms with Gasteiger partial charge in [0, 0.05) is 38.3 Å². The smallest absolute Gasteiger partial charge is 0.254 e. The van der Waals surface area contributed by atoms with Crippen LogP contribution in [0.25, 0.3) is 0 Å². The monoisotopic (exact) mass is 418 g/mol. The molecule has 1 N–H and O–H groups in total. The maximum atomic E-state index is 13.0. The van der Waals surface area contributed by atoms with Crippen molar-refractivity contribution in [2.45, 2.75) is 20.3 Å². The average Bonchev–Trinajstić information content (AvgIpc) is 3.33. The average molecular weight is 419 g/mol. The molecule has 2 unspecified atom stereocenters. The van der Waals surface area contributed by atoms with Gasteiger partial charge in [-0.3, -0.25) is 4.79 Å². The first-order chi connectivity index (χ1) is 13.5. The van der Waals surface area contributed by atoms with Gasteiger partial charge in [-0.05, 0) is 49.8 Å². The minimum absolute atomic E-state index is 0.211.